The van der Waals surface area contributed by atoms with Crippen molar-refractivity contribution in [2.24, 2.45) is 0 Å². The van der Waals surface area contributed by atoms with Gasteiger partial charge in [0.25, 0.3) is 0 Å². The van der Waals surface area contributed by atoms with Crippen LogP contribution in [0, 0.1) is 0 Å². The average molecular weight is 519 g/mol. The Labute approximate surface area is 210 Å². The maximum absolute atomic E-state index is 10.9. The molecule has 9 heteroatoms. The molecule has 0 bridgehead atoms. The minimum atomic E-state index is -1.76. The zero-order valence-electron chi connectivity index (χ0n) is 21.2. The number of rotatable bonds is 16. The monoisotopic (exact) mass is 518 g/mol. The Morgan fingerprint density at radius 1 is 0.629 bits per heavy atom. The van der Waals surface area contributed by atoms with Crippen molar-refractivity contribution in [1.29, 1.82) is 0 Å². The van der Waals surface area contributed by atoms with Gasteiger partial charge in [0.15, 0.2) is 16.6 Å². The van der Waals surface area contributed by atoms with Gasteiger partial charge in [-0.05, 0) is 99.6 Å². The predicted octanol–water partition coefficient (Wildman–Crippen LogP) is 6.53. The molecule has 2 aromatic carbocycles. The van der Waals surface area contributed by atoms with Crippen LogP contribution in [0.25, 0.3) is 0 Å². The van der Waals surface area contributed by atoms with Gasteiger partial charge in [0.1, 0.15) is 11.5 Å². The largest absolute Gasteiger partial charge is 0.494 e. The van der Waals surface area contributed by atoms with Crippen LogP contribution < -0.4 is 9.47 Å². The molecule has 0 heterocycles. The van der Waals surface area contributed by atoms with Crippen LogP contribution in [-0.4, -0.2) is 52.0 Å². The highest BCUT2D eigenvalue weighted by Gasteiger charge is 2.32. The van der Waals surface area contributed by atoms with Crippen LogP contribution in [0.5, 0.6) is 11.5 Å². The smallest absolute Gasteiger partial charge is 0.335 e. The van der Waals surface area contributed by atoms with E-state index in [2.05, 4.69) is 26.2 Å². The van der Waals surface area contributed by atoms with Gasteiger partial charge in [0.2, 0.25) is 0 Å². The Bertz CT molecular complexity index is 864. The first-order valence-corrected chi connectivity index (χ1v) is 18.3. The second-order valence-corrected chi connectivity index (χ2v) is 18.7. The first kappa shape index (κ1) is 28.6. The van der Waals surface area contributed by atoms with Crippen LogP contribution in [0.2, 0.25) is 38.3 Å². The Balaban J connectivity index is 1.60. The predicted molar refractivity (Wildman–Crippen MR) is 142 cm³/mol. The summed E-state index contributed by atoms with van der Waals surface area (Å²) in [6, 6.07) is 15.2. The second kappa shape index (κ2) is 13.5. The van der Waals surface area contributed by atoms with E-state index in [1.165, 1.54) is 0 Å². The number of hydrogen-bond acceptors (Lipinski definition) is 5. The topological polar surface area (TPSA) is 102 Å². The summed E-state index contributed by atoms with van der Waals surface area (Å²) in [5.74, 6) is -0.489. The molecule has 35 heavy (non-hydrogen) atoms. The van der Waals surface area contributed by atoms with Crippen molar-refractivity contribution in [3.8, 4) is 11.5 Å². The SMILES string of the molecule is C[Si](C)(CCCCOc1ccc(C(=O)O)cc1)O[Si](C)(C)CCCCOc1ccc(C(=O)O)cc1. The number of unbranched alkanes of at least 4 members (excludes halogenated alkanes) is 2. The second-order valence-electron chi connectivity index (χ2n) is 9.89. The van der Waals surface area contributed by atoms with Gasteiger partial charge in [-0.15, -0.1) is 0 Å². The molecule has 0 unspecified atom stereocenters. The Morgan fingerprint density at radius 3 is 1.29 bits per heavy atom. The van der Waals surface area contributed by atoms with Crippen LogP contribution >= 0.6 is 0 Å². The molecule has 0 aliphatic rings. The molecule has 0 aromatic heterocycles. The lowest BCUT2D eigenvalue weighted by Crippen LogP contribution is -2.44. The summed E-state index contributed by atoms with van der Waals surface area (Å²) in [5, 5.41) is 17.9. The molecular formula is C26H38O7Si2. The highest BCUT2D eigenvalue weighted by Crippen LogP contribution is 2.25. The quantitative estimate of drug-likeness (QED) is 0.192. The van der Waals surface area contributed by atoms with E-state index in [1.54, 1.807) is 48.5 Å². The summed E-state index contributed by atoms with van der Waals surface area (Å²) in [5.41, 5.74) is 0.516. The van der Waals surface area contributed by atoms with Gasteiger partial charge in [-0.2, -0.15) is 0 Å². The van der Waals surface area contributed by atoms with Crippen LogP contribution in [0.1, 0.15) is 46.4 Å². The number of carboxylic acids is 2. The minimum absolute atomic E-state index is 0.258. The van der Waals surface area contributed by atoms with Crippen molar-refractivity contribution in [1.82, 2.24) is 0 Å². The van der Waals surface area contributed by atoms with Gasteiger partial charge in [-0.1, -0.05) is 12.8 Å². The van der Waals surface area contributed by atoms with E-state index in [4.69, 9.17) is 23.8 Å². The van der Waals surface area contributed by atoms with E-state index >= 15 is 0 Å². The Morgan fingerprint density at radius 2 is 0.971 bits per heavy atom. The van der Waals surface area contributed by atoms with Crippen LogP contribution in [-0.2, 0) is 4.12 Å². The van der Waals surface area contributed by atoms with Crippen molar-refractivity contribution < 1.29 is 33.4 Å². The molecule has 0 radical (unpaired) electrons. The number of carbonyl (C=O) groups is 2. The third-order valence-corrected chi connectivity index (χ3v) is 13.2. The van der Waals surface area contributed by atoms with Crippen LogP contribution in [0.15, 0.2) is 48.5 Å². The third-order valence-electron chi connectivity index (χ3n) is 5.64. The summed E-state index contributed by atoms with van der Waals surface area (Å²) in [6.07, 6.45) is 3.97. The molecule has 2 aromatic rings. The van der Waals surface area contributed by atoms with Gasteiger partial charge in [-0.25, -0.2) is 9.59 Å². The summed E-state index contributed by atoms with van der Waals surface area (Å²) < 4.78 is 18.2. The molecule has 7 nitrogen and oxygen atoms in total. The fraction of sp³-hybridized carbons (Fsp3) is 0.462. The zero-order valence-corrected chi connectivity index (χ0v) is 23.2. The lowest BCUT2D eigenvalue weighted by Gasteiger charge is -2.34. The van der Waals surface area contributed by atoms with Crippen molar-refractivity contribution in [2.45, 2.75) is 64.0 Å². The van der Waals surface area contributed by atoms with Crippen molar-refractivity contribution >= 4 is 28.6 Å². The lowest BCUT2D eigenvalue weighted by atomic mass is 10.2. The van der Waals surface area contributed by atoms with E-state index in [0.29, 0.717) is 24.7 Å². The average Bonchev–Trinajstić information content (AvgIpc) is 2.78. The van der Waals surface area contributed by atoms with Gasteiger partial charge in [-0.3, -0.25) is 0 Å². The highest BCUT2D eigenvalue weighted by atomic mass is 28.4. The molecule has 0 saturated carbocycles. The molecular weight excluding hydrogens is 480 g/mol. The molecule has 0 spiro atoms. The van der Waals surface area contributed by atoms with Gasteiger partial charge >= 0.3 is 11.9 Å². The standard InChI is InChI=1S/C26H38O7Si2/c1-34(2,19-7-5-17-31-23-13-9-21(10-14-23)25(27)28)33-35(3,4)20-8-6-18-32-24-15-11-22(12-16-24)26(29)30/h9-16H,5-8,17-20H2,1-4H3,(H,27,28)(H,29,30). The van der Waals surface area contributed by atoms with Crippen LogP contribution in [0.3, 0.4) is 0 Å². The first-order chi connectivity index (χ1) is 16.5. The van der Waals surface area contributed by atoms with Crippen molar-refractivity contribution in [3.05, 3.63) is 59.7 Å². The summed E-state index contributed by atoms with van der Waals surface area (Å²) in [6.45, 7) is 10.4. The zero-order chi connectivity index (χ0) is 25.9. The molecule has 0 fully saturated rings. The van der Waals surface area contributed by atoms with Gasteiger partial charge in [0, 0.05) is 0 Å². The lowest BCUT2D eigenvalue weighted by molar-refractivity contribution is 0.0686. The maximum atomic E-state index is 10.9. The summed E-state index contributed by atoms with van der Waals surface area (Å²) in [4.78, 5) is 21.8. The maximum Gasteiger partial charge on any atom is 0.335 e. The van der Waals surface area contributed by atoms with Crippen molar-refractivity contribution in [2.75, 3.05) is 13.2 Å². The fourth-order valence-electron chi connectivity index (χ4n) is 3.92. The summed E-state index contributed by atoms with van der Waals surface area (Å²) in [7, 11) is -3.52. The molecule has 2 rings (SSSR count). The Hall–Kier alpha value is -2.63. The fourth-order valence-corrected chi connectivity index (χ4v) is 12.9. The number of benzene rings is 2. The minimum Gasteiger partial charge on any atom is -0.494 e. The normalized spacial score (nSPS) is 11.8. The van der Waals surface area contributed by atoms with E-state index in [9.17, 15) is 9.59 Å². The Kier molecular flexibility index (Phi) is 11.0. The van der Waals surface area contributed by atoms with E-state index in [1.807, 2.05) is 0 Å². The summed E-state index contributed by atoms with van der Waals surface area (Å²) >= 11 is 0. The van der Waals surface area contributed by atoms with E-state index in [0.717, 1.165) is 37.8 Å². The van der Waals surface area contributed by atoms with Crippen LogP contribution in [0.4, 0.5) is 0 Å². The number of aromatic carboxylic acids is 2. The molecule has 0 aliphatic carbocycles. The molecule has 0 atom stereocenters. The van der Waals surface area contributed by atoms with E-state index in [-0.39, 0.29) is 11.1 Å². The highest BCUT2D eigenvalue weighted by molar-refractivity contribution is 6.84. The number of carboxylic acid groups (broad SMARTS) is 2. The van der Waals surface area contributed by atoms with Crippen molar-refractivity contribution in [3.63, 3.8) is 0 Å². The first-order valence-electron chi connectivity index (χ1n) is 12.1. The number of ether oxygens (including phenoxy) is 2. The molecule has 192 valence electrons. The molecule has 2 N–H and O–H groups in total. The molecule has 0 amide bonds. The van der Waals surface area contributed by atoms with E-state index < -0.39 is 28.6 Å². The molecule has 0 aliphatic heterocycles. The molecule has 0 saturated heterocycles. The third kappa shape index (κ3) is 11.1. The number of hydrogen-bond donors (Lipinski definition) is 2. The van der Waals surface area contributed by atoms with Gasteiger partial charge < -0.3 is 23.8 Å². The van der Waals surface area contributed by atoms with Gasteiger partial charge in [0.05, 0.1) is 24.3 Å².